The summed E-state index contributed by atoms with van der Waals surface area (Å²) in [7, 11) is 0. The maximum absolute atomic E-state index is 12.3. The van der Waals surface area contributed by atoms with Crippen LogP contribution >= 0.6 is 23.2 Å². The lowest BCUT2D eigenvalue weighted by atomic mass is 10.1. The maximum atomic E-state index is 12.3. The Hall–Kier alpha value is -2.04. The van der Waals surface area contributed by atoms with Gasteiger partial charge in [-0.05, 0) is 50.1 Å². The summed E-state index contributed by atoms with van der Waals surface area (Å²) in [5.74, 6) is -0.927. The fraction of sp³-hybridized carbons (Fsp3) is 0.263. The summed E-state index contributed by atoms with van der Waals surface area (Å²) in [6.45, 7) is 3.95. The third kappa shape index (κ3) is 4.14. The number of carbonyl (C=O) groups is 2. The van der Waals surface area contributed by atoms with Crippen molar-refractivity contribution in [3.8, 4) is 0 Å². The highest BCUT2D eigenvalue weighted by Gasteiger charge is 2.48. The molecule has 0 saturated heterocycles. The molecule has 1 aliphatic rings. The van der Waals surface area contributed by atoms with E-state index in [4.69, 9.17) is 23.2 Å². The highest BCUT2D eigenvalue weighted by molar-refractivity contribution is 6.42. The van der Waals surface area contributed by atoms with Gasteiger partial charge in [-0.2, -0.15) is 0 Å². The zero-order chi connectivity index (χ0) is 18.1. The first-order valence-electron chi connectivity index (χ1n) is 7.99. The van der Waals surface area contributed by atoms with Gasteiger partial charge in [0.25, 0.3) is 0 Å². The molecule has 0 aliphatic heterocycles. The van der Waals surface area contributed by atoms with Crippen molar-refractivity contribution in [2.75, 3.05) is 10.6 Å². The maximum Gasteiger partial charge on any atom is 0.228 e. The molecule has 1 aliphatic carbocycles. The SMILES string of the molecule is Cc1ccc(NC(=O)C2CC2C(=O)Nc2ccc(Cl)c(Cl)c2)c(C)c1. The fourth-order valence-electron chi connectivity index (χ4n) is 2.76. The molecular formula is C19H18Cl2N2O2. The monoisotopic (exact) mass is 376 g/mol. The van der Waals surface area contributed by atoms with Crippen LogP contribution in [0.3, 0.4) is 0 Å². The molecule has 2 N–H and O–H groups in total. The first-order valence-corrected chi connectivity index (χ1v) is 8.75. The van der Waals surface area contributed by atoms with Gasteiger partial charge in [0, 0.05) is 11.4 Å². The Bertz CT molecular complexity index is 851. The zero-order valence-corrected chi connectivity index (χ0v) is 15.4. The third-order valence-corrected chi connectivity index (χ3v) is 5.03. The number of benzene rings is 2. The molecule has 0 aromatic heterocycles. The molecule has 0 radical (unpaired) electrons. The molecule has 0 bridgehead atoms. The van der Waals surface area contributed by atoms with Crippen LogP contribution in [0.1, 0.15) is 17.5 Å². The van der Waals surface area contributed by atoms with Crippen LogP contribution in [-0.2, 0) is 9.59 Å². The highest BCUT2D eigenvalue weighted by Crippen LogP contribution is 2.40. The van der Waals surface area contributed by atoms with Gasteiger partial charge in [0.1, 0.15) is 0 Å². The van der Waals surface area contributed by atoms with Crippen molar-refractivity contribution in [1.82, 2.24) is 0 Å². The van der Waals surface area contributed by atoms with Gasteiger partial charge >= 0.3 is 0 Å². The first-order chi connectivity index (χ1) is 11.8. The van der Waals surface area contributed by atoms with Crippen molar-refractivity contribution >= 4 is 46.4 Å². The number of carbonyl (C=O) groups excluding carboxylic acids is 2. The van der Waals surface area contributed by atoms with E-state index in [9.17, 15) is 9.59 Å². The predicted octanol–water partition coefficient (Wildman–Crippen LogP) is 4.82. The van der Waals surface area contributed by atoms with Crippen LogP contribution in [0.5, 0.6) is 0 Å². The molecular weight excluding hydrogens is 359 g/mol. The van der Waals surface area contributed by atoms with Gasteiger partial charge in [-0.3, -0.25) is 9.59 Å². The molecule has 3 rings (SSSR count). The minimum atomic E-state index is -0.319. The summed E-state index contributed by atoms with van der Waals surface area (Å²) in [6.07, 6.45) is 0.546. The van der Waals surface area contributed by atoms with E-state index in [0.29, 0.717) is 22.2 Å². The van der Waals surface area contributed by atoms with Gasteiger partial charge in [-0.1, -0.05) is 40.9 Å². The normalized spacial score (nSPS) is 18.6. The molecule has 2 atom stereocenters. The van der Waals surface area contributed by atoms with Gasteiger partial charge in [0.15, 0.2) is 0 Å². The summed E-state index contributed by atoms with van der Waals surface area (Å²) < 4.78 is 0. The average molecular weight is 377 g/mol. The molecule has 0 spiro atoms. The lowest BCUT2D eigenvalue weighted by Crippen LogP contribution is -2.20. The lowest BCUT2D eigenvalue weighted by Gasteiger charge is -2.09. The third-order valence-electron chi connectivity index (χ3n) is 4.29. The van der Waals surface area contributed by atoms with Crippen LogP contribution in [0.2, 0.25) is 10.0 Å². The minimum Gasteiger partial charge on any atom is -0.326 e. The Morgan fingerprint density at radius 1 is 0.920 bits per heavy atom. The summed E-state index contributed by atoms with van der Waals surface area (Å²) in [4.78, 5) is 24.6. The number of nitrogens with one attached hydrogen (secondary N) is 2. The van der Waals surface area contributed by atoms with E-state index in [1.54, 1.807) is 18.2 Å². The van der Waals surface area contributed by atoms with Crippen molar-refractivity contribution in [2.45, 2.75) is 20.3 Å². The Morgan fingerprint density at radius 3 is 2.24 bits per heavy atom. The number of aryl methyl sites for hydroxylation is 2. The summed E-state index contributed by atoms with van der Waals surface area (Å²) in [5, 5.41) is 6.49. The van der Waals surface area contributed by atoms with Gasteiger partial charge in [0.05, 0.1) is 21.9 Å². The molecule has 130 valence electrons. The molecule has 6 heteroatoms. The van der Waals surface area contributed by atoms with E-state index in [-0.39, 0.29) is 23.7 Å². The fourth-order valence-corrected chi connectivity index (χ4v) is 3.06. The summed E-state index contributed by atoms with van der Waals surface area (Å²) in [5.41, 5.74) is 3.50. The van der Waals surface area contributed by atoms with E-state index >= 15 is 0 Å². The number of hydrogen-bond donors (Lipinski definition) is 2. The average Bonchev–Trinajstić information content (AvgIpc) is 3.34. The molecule has 2 aromatic rings. The Kier molecular flexibility index (Phi) is 5.02. The number of anilines is 2. The Labute approximate surface area is 156 Å². The molecule has 25 heavy (non-hydrogen) atoms. The van der Waals surface area contributed by atoms with E-state index in [2.05, 4.69) is 10.6 Å². The quantitative estimate of drug-likeness (QED) is 0.802. The largest absolute Gasteiger partial charge is 0.326 e. The first kappa shape index (κ1) is 17.8. The molecule has 1 saturated carbocycles. The molecule has 4 nitrogen and oxygen atoms in total. The van der Waals surface area contributed by atoms with Crippen molar-refractivity contribution in [1.29, 1.82) is 0 Å². The van der Waals surface area contributed by atoms with Crippen LogP contribution in [0.25, 0.3) is 0 Å². The van der Waals surface area contributed by atoms with E-state index in [1.165, 1.54) is 0 Å². The summed E-state index contributed by atoms with van der Waals surface area (Å²) >= 11 is 11.8. The topological polar surface area (TPSA) is 58.2 Å². The van der Waals surface area contributed by atoms with Gasteiger partial charge in [-0.25, -0.2) is 0 Å². The van der Waals surface area contributed by atoms with Crippen LogP contribution in [0.4, 0.5) is 11.4 Å². The molecule has 1 fully saturated rings. The van der Waals surface area contributed by atoms with Crippen LogP contribution < -0.4 is 10.6 Å². The number of hydrogen-bond acceptors (Lipinski definition) is 2. The van der Waals surface area contributed by atoms with Crippen molar-refractivity contribution < 1.29 is 9.59 Å². The van der Waals surface area contributed by atoms with Crippen LogP contribution in [-0.4, -0.2) is 11.8 Å². The second kappa shape index (κ2) is 7.06. The molecule has 2 aromatic carbocycles. The second-order valence-corrected chi connectivity index (χ2v) is 7.19. The summed E-state index contributed by atoms with van der Waals surface area (Å²) in [6, 6.07) is 10.7. The van der Waals surface area contributed by atoms with Crippen LogP contribution in [0, 0.1) is 25.7 Å². The molecule has 2 amide bonds. The van der Waals surface area contributed by atoms with Gasteiger partial charge in [0.2, 0.25) is 11.8 Å². The zero-order valence-electron chi connectivity index (χ0n) is 13.9. The van der Waals surface area contributed by atoms with Crippen molar-refractivity contribution in [3.63, 3.8) is 0 Å². The van der Waals surface area contributed by atoms with E-state index < -0.39 is 0 Å². The Morgan fingerprint density at radius 2 is 1.60 bits per heavy atom. The van der Waals surface area contributed by atoms with Gasteiger partial charge in [-0.15, -0.1) is 0 Å². The predicted molar refractivity (Wildman–Crippen MR) is 101 cm³/mol. The molecule has 2 unspecified atom stereocenters. The van der Waals surface area contributed by atoms with E-state index in [0.717, 1.165) is 16.8 Å². The Balaban J connectivity index is 1.58. The number of halogens is 2. The molecule has 0 heterocycles. The smallest absolute Gasteiger partial charge is 0.228 e. The standard InChI is InChI=1S/C19H18Cl2N2O2/c1-10-3-6-17(11(2)7-10)23-19(25)14-9-13(14)18(24)22-12-4-5-15(20)16(21)8-12/h3-8,13-14H,9H2,1-2H3,(H,22,24)(H,23,25). The number of rotatable bonds is 4. The second-order valence-electron chi connectivity index (χ2n) is 6.37. The van der Waals surface area contributed by atoms with Gasteiger partial charge < -0.3 is 10.6 Å². The van der Waals surface area contributed by atoms with Crippen molar-refractivity contribution in [3.05, 3.63) is 57.6 Å². The van der Waals surface area contributed by atoms with Crippen LogP contribution in [0.15, 0.2) is 36.4 Å². The minimum absolute atomic E-state index is 0.124. The number of amides is 2. The lowest BCUT2D eigenvalue weighted by molar-refractivity contribution is -0.122. The van der Waals surface area contributed by atoms with E-state index in [1.807, 2.05) is 32.0 Å². The van der Waals surface area contributed by atoms with Crippen molar-refractivity contribution in [2.24, 2.45) is 11.8 Å². The highest BCUT2D eigenvalue weighted by atomic mass is 35.5.